The molecule has 4 nitrogen and oxygen atoms in total. The van der Waals surface area contributed by atoms with Crippen molar-refractivity contribution in [3.8, 4) is 17.4 Å². The van der Waals surface area contributed by atoms with Crippen LogP contribution in [0.15, 0.2) is 73.1 Å². The molecular weight excluding hydrogens is 671 g/mol. The van der Waals surface area contributed by atoms with Crippen molar-refractivity contribution in [2.75, 3.05) is 0 Å². The summed E-state index contributed by atoms with van der Waals surface area (Å²) in [4.78, 5) is 7.81. The summed E-state index contributed by atoms with van der Waals surface area (Å²) < 4.78 is 5.63. The summed E-state index contributed by atoms with van der Waals surface area (Å²) in [5.74, 6) is 1.65. The molecular formula is C26H25Cl3N2O2S6. The number of phenolic OH excluding ortho intramolecular Hbond substituents is 1. The van der Waals surface area contributed by atoms with E-state index >= 15 is 0 Å². The van der Waals surface area contributed by atoms with Crippen LogP contribution in [0.4, 0.5) is 0 Å². The number of halogens is 3. The molecule has 4 rings (SSSR count). The van der Waals surface area contributed by atoms with Gasteiger partial charge in [0.15, 0.2) is 0 Å². The smallest absolute Gasteiger partial charge is 0.220 e. The van der Waals surface area contributed by atoms with Crippen LogP contribution in [0, 0.1) is 27.7 Å². The van der Waals surface area contributed by atoms with Crippen LogP contribution in [0.5, 0.6) is 17.4 Å². The molecule has 2 aromatic heterocycles. The van der Waals surface area contributed by atoms with Gasteiger partial charge >= 0.3 is 0 Å². The highest BCUT2D eigenvalue weighted by molar-refractivity contribution is 8.64. The van der Waals surface area contributed by atoms with E-state index < -0.39 is 0 Å². The number of aromatic hydroxyl groups is 1. The zero-order valence-electron chi connectivity index (χ0n) is 21.3. The molecule has 0 amide bonds. The first kappa shape index (κ1) is 35.6. The van der Waals surface area contributed by atoms with Crippen molar-refractivity contribution in [2.45, 2.75) is 27.7 Å². The second-order valence-electron chi connectivity index (χ2n) is 7.65. The molecule has 39 heavy (non-hydrogen) atoms. The van der Waals surface area contributed by atoms with E-state index in [1.807, 2.05) is 45.9 Å². The molecule has 0 aliphatic rings. The monoisotopic (exact) mass is 694 g/mol. The zero-order valence-corrected chi connectivity index (χ0v) is 28.4. The standard InChI is InChI=1S/C13H12ClNO.C8H10O.C5H3Cl2N.S6/c1-9-5-10(2)7-12(6-9)16-13-8-11(14)3-4-15-13;1-6-3-7(2)5-8(9)4-6;6-4-1-2-8-5(7)3-4;1-3-5-6-4-2/h3-8H,1-2H3;3-5,9H,1-2H3;1-3H;. The number of aryl methyl sites for hydroxylation is 4. The Bertz CT molecular complexity index is 1430. The number of nitrogens with zero attached hydrogens (tertiary/aromatic N) is 2. The second-order valence-corrected chi connectivity index (χ2v) is 16.0. The number of aromatic nitrogens is 2. The van der Waals surface area contributed by atoms with Gasteiger partial charge in [-0.25, -0.2) is 9.97 Å². The molecule has 13 heteroatoms. The first-order valence-electron chi connectivity index (χ1n) is 10.9. The van der Waals surface area contributed by atoms with Gasteiger partial charge in [0.1, 0.15) is 16.7 Å². The van der Waals surface area contributed by atoms with Gasteiger partial charge in [-0.3, -0.25) is 0 Å². The fourth-order valence-electron chi connectivity index (χ4n) is 2.91. The molecule has 0 bridgehead atoms. The number of hydrogen-bond donors (Lipinski definition) is 1. The summed E-state index contributed by atoms with van der Waals surface area (Å²) in [5, 5.41) is 10.7. The summed E-state index contributed by atoms with van der Waals surface area (Å²) >= 11 is 25.9. The van der Waals surface area contributed by atoms with Crippen LogP contribution in [0.1, 0.15) is 22.3 Å². The van der Waals surface area contributed by atoms with Crippen molar-refractivity contribution in [3.63, 3.8) is 0 Å². The molecule has 0 aliphatic carbocycles. The Labute approximate surface area is 265 Å². The Morgan fingerprint density at radius 3 is 1.51 bits per heavy atom. The van der Waals surface area contributed by atoms with Gasteiger partial charge < -0.3 is 9.84 Å². The van der Waals surface area contributed by atoms with Gasteiger partial charge in [0.05, 0.1) is 0 Å². The van der Waals surface area contributed by atoms with Crippen molar-refractivity contribution in [1.29, 1.82) is 0 Å². The Hall–Kier alpha value is -1.47. The summed E-state index contributed by atoms with van der Waals surface area (Å²) in [5.41, 5.74) is 4.54. The summed E-state index contributed by atoms with van der Waals surface area (Å²) in [6.45, 7) is 8.00. The third kappa shape index (κ3) is 17.8. The third-order valence-electron chi connectivity index (χ3n) is 4.09. The number of rotatable bonds is 2. The van der Waals surface area contributed by atoms with Gasteiger partial charge in [-0.15, -0.1) is 0 Å². The van der Waals surface area contributed by atoms with E-state index in [-0.39, 0.29) is 0 Å². The van der Waals surface area contributed by atoms with E-state index in [1.54, 1.807) is 48.8 Å². The maximum absolute atomic E-state index is 8.99. The van der Waals surface area contributed by atoms with E-state index in [2.05, 4.69) is 38.4 Å². The van der Waals surface area contributed by atoms with Crippen molar-refractivity contribution in [2.24, 2.45) is 0 Å². The number of hydrogen-bond acceptors (Lipinski definition) is 6. The van der Waals surface area contributed by atoms with Crippen LogP contribution in [0.2, 0.25) is 15.2 Å². The van der Waals surface area contributed by atoms with Crippen LogP contribution in [-0.4, -0.2) is 15.1 Å². The maximum atomic E-state index is 8.99. The van der Waals surface area contributed by atoms with E-state index in [0.29, 0.717) is 26.8 Å². The lowest BCUT2D eigenvalue weighted by Gasteiger charge is -2.06. The Balaban J connectivity index is 0.000000282. The zero-order chi connectivity index (χ0) is 29.2. The molecule has 0 unspecified atom stereocenters. The highest BCUT2D eigenvalue weighted by Crippen LogP contribution is 2.23. The highest BCUT2D eigenvalue weighted by Gasteiger charge is 2.01. The molecule has 0 atom stereocenters. The third-order valence-corrected chi connectivity index (χ3v) is 11.4. The lowest BCUT2D eigenvalue weighted by Crippen LogP contribution is -1.88. The molecule has 0 spiro atoms. The van der Waals surface area contributed by atoms with Crippen LogP contribution in [0.25, 0.3) is 0 Å². The summed E-state index contributed by atoms with van der Waals surface area (Å²) in [7, 11) is 5.63. The van der Waals surface area contributed by atoms with Gasteiger partial charge in [0.2, 0.25) is 5.88 Å². The van der Waals surface area contributed by atoms with E-state index in [4.69, 9.17) is 44.6 Å². The Morgan fingerprint density at radius 1 is 0.667 bits per heavy atom. The molecule has 2 aromatic carbocycles. The Kier molecular flexibility index (Phi) is 18.6. The van der Waals surface area contributed by atoms with Crippen LogP contribution in [0.3, 0.4) is 0 Å². The van der Waals surface area contributed by atoms with E-state index in [1.165, 1.54) is 35.5 Å². The first-order chi connectivity index (χ1) is 18.5. The van der Waals surface area contributed by atoms with Gasteiger partial charge in [-0.05, 0) is 92.4 Å². The van der Waals surface area contributed by atoms with E-state index in [0.717, 1.165) is 28.0 Å². The number of benzene rings is 2. The molecule has 4 aromatic rings. The minimum atomic E-state index is 0.354. The summed E-state index contributed by atoms with van der Waals surface area (Å²) in [6, 6.07) is 18.2. The predicted molar refractivity (Wildman–Crippen MR) is 181 cm³/mol. The molecule has 0 saturated heterocycles. The molecule has 0 saturated carbocycles. The SMILES string of the molecule is Cc1cc(C)cc(O)c1.Cc1cc(C)cc(Oc2cc(Cl)ccn2)c1.Clc1ccnc(Cl)c1.S=S=S=S=S=S. The topological polar surface area (TPSA) is 55.2 Å². The maximum Gasteiger partial charge on any atom is 0.220 e. The summed E-state index contributed by atoms with van der Waals surface area (Å²) in [6.07, 6.45) is 3.19. The highest BCUT2D eigenvalue weighted by atomic mass is 35.5. The van der Waals surface area contributed by atoms with Crippen LogP contribution >= 0.6 is 34.8 Å². The molecule has 0 fully saturated rings. The fourth-order valence-corrected chi connectivity index (χ4v) is 8.93. The first-order valence-corrected chi connectivity index (χ1v) is 18.7. The normalized spacial score (nSPS) is 9.21. The minimum absolute atomic E-state index is 0.354. The molecule has 2 heterocycles. The Morgan fingerprint density at radius 2 is 1.13 bits per heavy atom. The minimum Gasteiger partial charge on any atom is -0.508 e. The van der Waals surface area contributed by atoms with Gasteiger partial charge in [0.25, 0.3) is 0 Å². The fraction of sp³-hybridized carbons (Fsp3) is 0.154. The van der Waals surface area contributed by atoms with Crippen molar-refractivity contribution < 1.29 is 9.84 Å². The molecule has 0 radical (unpaired) electrons. The molecule has 0 aliphatic heterocycles. The van der Waals surface area contributed by atoms with Crippen molar-refractivity contribution in [1.82, 2.24) is 9.97 Å². The van der Waals surface area contributed by atoms with Gasteiger partial charge in [-0.1, -0.05) is 46.9 Å². The van der Waals surface area contributed by atoms with Crippen molar-refractivity contribution >= 4 is 92.7 Å². The quantitative estimate of drug-likeness (QED) is 0.212. The predicted octanol–water partition coefficient (Wildman–Crippen LogP) is 8.53. The largest absolute Gasteiger partial charge is 0.508 e. The number of pyridine rings is 2. The average molecular weight is 696 g/mol. The molecule has 1 N–H and O–H groups in total. The van der Waals surface area contributed by atoms with Gasteiger partial charge in [0, 0.05) is 86.4 Å². The van der Waals surface area contributed by atoms with Crippen molar-refractivity contribution in [3.05, 3.63) is 111 Å². The van der Waals surface area contributed by atoms with Crippen LogP contribution in [-0.2, 0) is 57.9 Å². The number of ether oxygens (including phenoxy) is 1. The van der Waals surface area contributed by atoms with Crippen LogP contribution < -0.4 is 4.74 Å². The van der Waals surface area contributed by atoms with Gasteiger partial charge in [-0.2, -0.15) is 0 Å². The average Bonchev–Trinajstić information content (AvgIpc) is 2.82. The second kappa shape index (κ2) is 20.4. The van der Waals surface area contributed by atoms with E-state index in [9.17, 15) is 0 Å². The molecule has 208 valence electrons. The number of phenols is 1. The lowest BCUT2D eigenvalue weighted by molar-refractivity contribution is 0.462. The lowest BCUT2D eigenvalue weighted by atomic mass is 10.1.